The average Bonchev–Trinajstić information content (AvgIpc) is 2.04. The number of hydrogen-bond acceptors (Lipinski definition) is 0. The van der Waals surface area contributed by atoms with Crippen LogP contribution in [0.5, 0.6) is 0 Å². The maximum Gasteiger partial charge on any atom is -0.0295 e. The molecule has 0 radical (unpaired) electrons. The average molecular weight is 166 g/mol. The molecule has 0 saturated heterocycles. The van der Waals surface area contributed by atoms with Crippen molar-refractivity contribution in [3.05, 3.63) is 0 Å². The van der Waals surface area contributed by atoms with Gasteiger partial charge >= 0.3 is 0 Å². The van der Waals surface area contributed by atoms with Crippen LogP contribution in [0.1, 0.15) is 47.0 Å². The number of hydrogen-bond donors (Lipinski definition) is 0. The van der Waals surface area contributed by atoms with Crippen LogP contribution in [0.4, 0.5) is 0 Å². The van der Waals surface area contributed by atoms with E-state index in [0.717, 1.165) is 23.7 Å². The van der Waals surface area contributed by atoms with Crippen molar-refractivity contribution in [2.24, 2.45) is 29.1 Å². The van der Waals surface area contributed by atoms with Crippen LogP contribution in [0.25, 0.3) is 0 Å². The minimum atomic E-state index is 0.688. The summed E-state index contributed by atoms with van der Waals surface area (Å²) >= 11 is 0. The van der Waals surface area contributed by atoms with E-state index in [4.69, 9.17) is 0 Å². The first kappa shape index (κ1) is 8.59. The number of fused-ring (bicyclic) bond motifs is 2. The molecule has 3 aliphatic rings. The molecule has 0 nitrogen and oxygen atoms in total. The van der Waals surface area contributed by atoms with Crippen molar-refractivity contribution in [1.29, 1.82) is 0 Å². The molecule has 3 rings (SSSR count). The van der Waals surface area contributed by atoms with E-state index in [2.05, 4.69) is 27.7 Å². The molecule has 3 aliphatic carbocycles. The summed E-state index contributed by atoms with van der Waals surface area (Å²) in [4.78, 5) is 0. The summed E-state index contributed by atoms with van der Waals surface area (Å²) in [5, 5.41) is 0. The van der Waals surface area contributed by atoms with Gasteiger partial charge in [0.15, 0.2) is 0 Å². The molecule has 3 saturated carbocycles. The van der Waals surface area contributed by atoms with Crippen LogP contribution in [0, 0.1) is 29.1 Å². The van der Waals surface area contributed by atoms with Gasteiger partial charge in [-0.05, 0) is 48.3 Å². The molecule has 0 aliphatic heterocycles. The molecule has 1 unspecified atom stereocenters. The van der Waals surface area contributed by atoms with Gasteiger partial charge < -0.3 is 0 Å². The molecule has 0 heteroatoms. The zero-order chi connectivity index (χ0) is 8.93. The van der Waals surface area contributed by atoms with Crippen molar-refractivity contribution in [3.8, 4) is 0 Å². The molecular formula is C12H22. The van der Waals surface area contributed by atoms with E-state index in [9.17, 15) is 0 Å². The lowest BCUT2D eigenvalue weighted by Crippen LogP contribution is -2.53. The third kappa shape index (κ3) is 0.963. The molecule has 0 N–H and O–H groups in total. The summed E-state index contributed by atoms with van der Waals surface area (Å²) in [6.07, 6.45) is 4.55. The maximum absolute atomic E-state index is 2.49. The smallest absolute Gasteiger partial charge is 0.0295 e. The van der Waals surface area contributed by atoms with Crippen LogP contribution in [0.15, 0.2) is 0 Å². The second-order valence-corrected chi connectivity index (χ2v) is 5.85. The monoisotopic (exact) mass is 166 g/mol. The Morgan fingerprint density at radius 1 is 1.17 bits per heavy atom. The van der Waals surface area contributed by atoms with Gasteiger partial charge in [0.05, 0.1) is 0 Å². The van der Waals surface area contributed by atoms with Crippen molar-refractivity contribution in [1.82, 2.24) is 0 Å². The third-order valence-electron chi connectivity index (χ3n) is 4.77. The summed E-state index contributed by atoms with van der Waals surface area (Å²) in [7, 11) is 0. The van der Waals surface area contributed by atoms with Crippen molar-refractivity contribution >= 4 is 0 Å². The van der Waals surface area contributed by atoms with E-state index in [1.165, 1.54) is 19.3 Å². The van der Waals surface area contributed by atoms with Crippen molar-refractivity contribution < 1.29 is 0 Å². The fourth-order valence-electron chi connectivity index (χ4n) is 3.67. The molecule has 0 aromatic rings. The van der Waals surface area contributed by atoms with Crippen LogP contribution in [-0.4, -0.2) is 0 Å². The van der Waals surface area contributed by atoms with Gasteiger partial charge in [-0.15, -0.1) is 0 Å². The summed E-state index contributed by atoms with van der Waals surface area (Å²) in [5.41, 5.74) is 0.688. The van der Waals surface area contributed by atoms with Crippen LogP contribution in [-0.2, 0) is 0 Å². The first-order valence-corrected chi connectivity index (χ1v) is 5.53. The fraction of sp³-hybridized carbons (Fsp3) is 1.00. The Morgan fingerprint density at radius 2 is 1.83 bits per heavy atom. The molecule has 0 amide bonds. The van der Waals surface area contributed by atoms with Gasteiger partial charge in [-0.25, -0.2) is 0 Å². The largest absolute Gasteiger partial charge is 0.0625 e. The first-order valence-electron chi connectivity index (χ1n) is 5.53. The lowest BCUT2D eigenvalue weighted by molar-refractivity contribution is -0.117. The quantitative estimate of drug-likeness (QED) is 0.557. The Morgan fingerprint density at radius 3 is 2.17 bits per heavy atom. The highest BCUT2D eigenvalue weighted by atomic mass is 14.6. The minimum absolute atomic E-state index is 0.688. The van der Waals surface area contributed by atoms with Gasteiger partial charge in [0.2, 0.25) is 0 Å². The van der Waals surface area contributed by atoms with Gasteiger partial charge in [-0.1, -0.05) is 27.7 Å². The molecular weight excluding hydrogens is 144 g/mol. The zero-order valence-corrected chi connectivity index (χ0v) is 8.93. The van der Waals surface area contributed by atoms with Crippen molar-refractivity contribution in [2.75, 3.05) is 0 Å². The normalized spacial score (nSPS) is 44.2. The highest BCUT2D eigenvalue weighted by molar-refractivity contribution is 5.03. The van der Waals surface area contributed by atoms with E-state index >= 15 is 0 Å². The highest BCUT2D eigenvalue weighted by Crippen LogP contribution is 2.62. The van der Waals surface area contributed by atoms with Gasteiger partial charge in [-0.3, -0.25) is 0 Å². The highest BCUT2D eigenvalue weighted by Gasteiger charge is 2.54. The van der Waals surface area contributed by atoms with Crippen LogP contribution in [0.2, 0.25) is 0 Å². The summed E-state index contributed by atoms with van der Waals surface area (Å²) in [5.74, 6) is 4.06. The molecule has 0 heterocycles. The van der Waals surface area contributed by atoms with Crippen LogP contribution < -0.4 is 0 Å². The van der Waals surface area contributed by atoms with Gasteiger partial charge in [-0.2, -0.15) is 0 Å². The lowest BCUT2D eigenvalue weighted by atomic mass is 9.44. The molecule has 0 aromatic carbocycles. The third-order valence-corrected chi connectivity index (χ3v) is 4.77. The second-order valence-electron chi connectivity index (χ2n) is 5.85. The Bertz CT molecular complexity index is 174. The standard InChI is InChI=1S/C12H22/c1-8(2)10-6-5-9-7-11(10)12(9,3)4/h8-11H,5-7H2,1-4H3/t9-,10?,11-/m0/s1. The first-order chi connectivity index (χ1) is 5.53. The summed E-state index contributed by atoms with van der Waals surface area (Å²) < 4.78 is 0. The molecule has 3 atom stereocenters. The fourth-order valence-corrected chi connectivity index (χ4v) is 3.67. The Hall–Kier alpha value is 0. The van der Waals surface area contributed by atoms with Gasteiger partial charge in [0.1, 0.15) is 0 Å². The predicted octanol–water partition coefficient (Wildman–Crippen LogP) is 3.71. The Kier molecular flexibility index (Phi) is 1.79. The molecule has 2 bridgehead atoms. The van der Waals surface area contributed by atoms with Gasteiger partial charge in [0.25, 0.3) is 0 Å². The van der Waals surface area contributed by atoms with E-state index in [0.29, 0.717) is 5.41 Å². The van der Waals surface area contributed by atoms with Gasteiger partial charge in [0, 0.05) is 0 Å². The van der Waals surface area contributed by atoms with E-state index in [1.54, 1.807) is 0 Å². The predicted molar refractivity (Wildman–Crippen MR) is 52.9 cm³/mol. The lowest BCUT2D eigenvalue weighted by Gasteiger charge is -2.61. The summed E-state index contributed by atoms with van der Waals surface area (Å²) in [6, 6.07) is 0. The maximum atomic E-state index is 2.49. The summed E-state index contributed by atoms with van der Waals surface area (Å²) in [6.45, 7) is 9.78. The van der Waals surface area contributed by atoms with Crippen LogP contribution in [0.3, 0.4) is 0 Å². The molecule has 0 spiro atoms. The zero-order valence-electron chi connectivity index (χ0n) is 8.93. The molecule has 12 heavy (non-hydrogen) atoms. The van der Waals surface area contributed by atoms with E-state index in [-0.39, 0.29) is 0 Å². The molecule has 0 aromatic heterocycles. The molecule has 70 valence electrons. The minimum Gasteiger partial charge on any atom is -0.0625 e. The van der Waals surface area contributed by atoms with Crippen molar-refractivity contribution in [3.63, 3.8) is 0 Å². The SMILES string of the molecule is CC(C)C1CC[C@H]2C[C@@H]1C2(C)C. The second kappa shape index (κ2) is 2.49. The Balaban J connectivity index is 2.11. The van der Waals surface area contributed by atoms with E-state index in [1.807, 2.05) is 0 Å². The van der Waals surface area contributed by atoms with Crippen LogP contribution >= 0.6 is 0 Å². The topological polar surface area (TPSA) is 0 Å². The Labute approximate surface area is 76.7 Å². The van der Waals surface area contributed by atoms with Crippen molar-refractivity contribution in [2.45, 2.75) is 47.0 Å². The number of rotatable bonds is 1. The van der Waals surface area contributed by atoms with E-state index < -0.39 is 0 Å². The molecule has 3 fully saturated rings.